The summed E-state index contributed by atoms with van der Waals surface area (Å²) in [6.07, 6.45) is 20.6. The van der Waals surface area contributed by atoms with E-state index in [1.165, 1.54) is 64.2 Å². The van der Waals surface area contributed by atoms with Gasteiger partial charge in [0, 0.05) is 19.4 Å². The molecule has 8 heteroatoms. The summed E-state index contributed by atoms with van der Waals surface area (Å²) in [7, 11) is 0. The van der Waals surface area contributed by atoms with E-state index in [-0.39, 0.29) is 30.0 Å². The first-order valence-corrected chi connectivity index (χ1v) is 19.8. The molecule has 0 spiro atoms. The fourth-order valence-corrected chi connectivity index (χ4v) is 11.2. The molecule has 4 fully saturated rings. The maximum absolute atomic E-state index is 12.8. The van der Waals surface area contributed by atoms with Crippen LogP contribution in [0.15, 0.2) is 0 Å². The maximum Gasteiger partial charge on any atom is 0.338 e. The molecule has 270 valence electrons. The number of hydrogen-bond acceptors (Lipinski definition) is 3. The van der Waals surface area contributed by atoms with Crippen molar-refractivity contribution >= 4 is 17.8 Å². The molecule has 9 N–H and O–H groups in total. The summed E-state index contributed by atoms with van der Waals surface area (Å²) in [4.78, 5) is 27.9. The van der Waals surface area contributed by atoms with Crippen LogP contribution in [-0.2, 0) is 14.3 Å². The molecule has 0 bridgehead atoms. The predicted octanol–water partition coefficient (Wildman–Crippen LogP) is 4.44. The molecule has 0 heterocycles. The Labute approximate surface area is 286 Å². The van der Waals surface area contributed by atoms with E-state index in [0.29, 0.717) is 42.7 Å². The molecule has 0 aromatic rings. The SMILES string of the molecule is CC(C)CCC[C@@H](C)[C@H]1CC[C@H]2[C@@H]3CC[C@H]4C[C@@H](OC(=O)CCCCCNC(=O)[C@@H]([NH3+])CCC[NH+]=C(N)N)CC[C@]4(C)[C@H]3CC[C@]12C. The lowest BCUT2D eigenvalue weighted by molar-refractivity contribution is -0.463. The van der Waals surface area contributed by atoms with Gasteiger partial charge in [-0.3, -0.25) is 26.0 Å². The van der Waals surface area contributed by atoms with E-state index >= 15 is 0 Å². The van der Waals surface area contributed by atoms with Crippen molar-refractivity contribution in [1.82, 2.24) is 5.32 Å². The lowest BCUT2D eigenvalue weighted by atomic mass is 9.44. The van der Waals surface area contributed by atoms with Gasteiger partial charge >= 0.3 is 11.9 Å². The van der Waals surface area contributed by atoms with Crippen LogP contribution in [0.25, 0.3) is 0 Å². The Morgan fingerprint density at radius 3 is 2.36 bits per heavy atom. The van der Waals surface area contributed by atoms with Crippen LogP contribution >= 0.6 is 0 Å². The fourth-order valence-electron chi connectivity index (χ4n) is 11.2. The topological polar surface area (TPSA) is 149 Å². The van der Waals surface area contributed by atoms with Crippen LogP contribution in [0.2, 0.25) is 0 Å². The second kappa shape index (κ2) is 17.2. The van der Waals surface area contributed by atoms with E-state index in [1.807, 2.05) is 0 Å². The van der Waals surface area contributed by atoms with Gasteiger partial charge in [-0.25, -0.2) is 0 Å². The number of ether oxygens (including phenoxy) is 1. The quantitative estimate of drug-likeness (QED) is 0.0678. The minimum absolute atomic E-state index is 0.0239. The molecule has 47 heavy (non-hydrogen) atoms. The van der Waals surface area contributed by atoms with Gasteiger partial charge in [0.05, 0.1) is 6.54 Å². The van der Waals surface area contributed by atoms with Crippen LogP contribution in [-0.4, -0.2) is 43.1 Å². The number of fused-ring (bicyclic) bond motifs is 5. The van der Waals surface area contributed by atoms with Crippen LogP contribution in [0, 0.1) is 52.3 Å². The maximum atomic E-state index is 12.8. The van der Waals surface area contributed by atoms with Crippen LogP contribution in [0.1, 0.15) is 150 Å². The van der Waals surface area contributed by atoms with E-state index in [2.05, 4.69) is 50.7 Å². The number of nitrogens with one attached hydrogen (secondary N) is 2. The molecule has 0 aliphatic heterocycles. The van der Waals surface area contributed by atoms with Gasteiger partial charge in [0.1, 0.15) is 6.10 Å². The Hall–Kier alpha value is -1.83. The summed E-state index contributed by atoms with van der Waals surface area (Å²) in [6, 6.07) is -0.287. The molecule has 4 aliphatic rings. The van der Waals surface area contributed by atoms with Crippen molar-refractivity contribution in [2.45, 2.75) is 162 Å². The molecular formula is C39H73N5O3+2. The lowest BCUT2D eigenvalue weighted by Crippen LogP contribution is -2.78. The molecule has 0 unspecified atom stereocenters. The van der Waals surface area contributed by atoms with Gasteiger partial charge in [0.25, 0.3) is 5.91 Å². The molecule has 0 radical (unpaired) electrons. The van der Waals surface area contributed by atoms with Crippen molar-refractivity contribution in [3.05, 3.63) is 0 Å². The Kier molecular flexibility index (Phi) is 13.9. The van der Waals surface area contributed by atoms with Crippen molar-refractivity contribution in [2.75, 3.05) is 13.1 Å². The zero-order valence-electron chi connectivity index (χ0n) is 30.9. The van der Waals surface area contributed by atoms with Gasteiger partial charge in [-0.1, -0.05) is 60.3 Å². The molecule has 0 saturated heterocycles. The van der Waals surface area contributed by atoms with Gasteiger partial charge in [-0.2, -0.15) is 0 Å². The Balaban J connectivity index is 1.14. The number of amides is 1. The third kappa shape index (κ3) is 9.66. The highest BCUT2D eigenvalue weighted by Crippen LogP contribution is 2.68. The second-order valence-electron chi connectivity index (χ2n) is 17.4. The molecule has 4 saturated carbocycles. The number of rotatable bonds is 17. The summed E-state index contributed by atoms with van der Waals surface area (Å²) < 4.78 is 6.09. The number of esters is 1. The fraction of sp³-hybridized carbons (Fsp3) is 0.923. The first-order valence-electron chi connectivity index (χ1n) is 19.8. The zero-order valence-corrected chi connectivity index (χ0v) is 30.9. The molecule has 4 aliphatic carbocycles. The van der Waals surface area contributed by atoms with E-state index in [0.717, 1.165) is 74.0 Å². The van der Waals surface area contributed by atoms with E-state index < -0.39 is 0 Å². The number of carbonyl (C=O) groups excluding carboxylic acids is 2. The predicted molar refractivity (Wildman–Crippen MR) is 190 cm³/mol. The average Bonchev–Trinajstić information content (AvgIpc) is 3.38. The summed E-state index contributed by atoms with van der Waals surface area (Å²) in [5, 5.41) is 2.97. The Bertz CT molecular complexity index is 1050. The normalized spacial score (nSPS) is 34.4. The first-order chi connectivity index (χ1) is 22.3. The van der Waals surface area contributed by atoms with Crippen molar-refractivity contribution in [3.8, 4) is 0 Å². The standard InChI is InChI=1S/C39H71N5O3/c1-26(2)11-9-12-27(3)31-17-18-32-30-16-15-28-25-29(19-21-38(28,4)33(30)20-22-39(31,32)5)47-35(45)14-7-6-8-23-43-36(46)34(40)13-10-24-44-37(41)42/h26-34H,6-25,40H2,1-5H3,(H,43,46)(H4,41,42,44)/p+2/t27-,28+,29+,30+,31-,32+,33+,34+,38+,39-/m1/s1. The molecule has 8 nitrogen and oxygen atoms in total. The van der Waals surface area contributed by atoms with Gasteiger partial charge in [0.2, 0.25) is 0 Å². The van der Waals surface area contributed by atoms with Gasteiger partial charge in [0.15, 0.2) is 6.04 Å². The van der Waals surface area contributed by atoms with Crippen LogP contribution in [0.5, 0.6) is 0 Å². The Morgan fingerprint density at radius 1 is 0.872 bits per heavy atom. The second-order valence-corrected chi connectivity index (χ2v) is 17.4. The molecule has 0 aromatic heterocycles. The number of nitrogens with two attached hydrogens (primary N) is 2. The van der Waals surface area contributed by atoms with Gasteiger partial charge in [-0.05, 0) is 129 Å². The minimum atomic E-state index is -0.287. The summed E-state index contributed by atoms with van der Waals surface area (Å²) in [5.74, 6) is 6.12. The lowest BCUT2D eigenvalue weighted by Gasteiger charge is -2.61. The molecule has 4 rings (SSSR count). The van der Waals surface area contributed by atoms with Crippen LogP contribution in [0.3, 0.4) is 0 Å². The molecule has 1 amide bonds. The van der Waals surface area contributed by atoms with Crippen LogP contribution < -0.4 is 27.5 Å². The zero-order chi connectivity index (χ0) is 34.2. The van der Waals surface area contributed by atoms with Crippen molar-refractivity contribution in [2.24, 2.45) is 63.7 Å². The minimum Gasteiger partial charge on any atom is -0.462 e. The molecule has 10 atom stereocenters. The number of unbranched alkanes of at least 4 members (excludes halogenated alkanes) is 2. The monoisotopic (exact) mass is 660 g/mol. The number of guanidine groups is 1. The van der Waals surface area contributed by atoms with Crippen molar-refractivity contribution in [1.29, 1.82) is 0 Å². The summed E-state index contributed by atoms with van der Waals surface area (Å²) in [6.45, 7) is 13.9. The van der Waals surface area contributed by atoms with Crippen LogP contribution in [0.4, 0.5) is 0 Å². The molecular weight excluding hydrogens is 586 g/mol. The van der Waals surface area contributed by atoms with E-state index in [1.54, 1.807) is 0 Å². The van der Waals surface area contributed by atoms with E-state index in [9.17, 15) is 9.59 Å². The van der Waals surface area contributed by atoms with Crippen molar-refractivity contribution in [3.63, 3.8) is 0 Å². The third-order valence-electron chi connectivity index (χ3n) is 13.9. The largest absolute Gasteiger partial charge is 0.462 e. The Morgan fingerprint density at radius 2 is 1.62 bits per heavy atom. The highest BCUT2D eigenvalue weighted by molar-refractivity contribution is 5.80. The number of quaternary nitrogens is 1. The van der Waals surface area contributed by atoms with E-state index in [4.69, 9.17) is 16.2 Å². The highest BCUT2D eigenvalue weighted by atomic mass is 16.5. The van der Waals surface area contributed by atoms with Crippen molar-refractivity contribution < 1.29 is 25.1 Å². The molecule has 0 aromatic carbocycles. The van der Waals surface area contributed by atoms with Gasteiger partial charge in [-0.15, -0.1) is 0 Å². The third-order valence-corrected chi connectivity index (χ3v) is 13.9. The smallest absolute Gasteiger partial charge is 0.338 e. The summed E-state index contributed by atoms with van der Waals surface area (Å²) >= 11 is 0. The highest BCUT2D eigenvalue weighted by Gasteiger charge is 2.60. The first kappa shape index (κ1) is 38.0. The summed E-state index contributed by atoms with van der Waals surface area (Å²) in [5.41, 5.74) is 15.7. The number of hydrogen-bond donors (Lipinski definition) is 5. The number of carbonyl (C=O) groups is 2. The average molecular weight is 660 g/mol. The van der Waals surface area contributed by atoms with Gasteiger partial charge < -0.3 is 15.8 Å².